The van der Waals surface area contributed by atoms with Gasteiger partial charge in [-0.2, -0.15) is 0 Å². The Morgan fingerprint density at radius 3 is 1.34 bits per heavy atom. The van der Waals surface area contributed by atoms with Gasteiger partial charge in [0.05, 0.1) is 26.4 Å². The maximum absolute atomic E-state index is 12.7. The molecule has 0 amide bonds. The molecular weight excluding hydrogens is 800 g/mol. The first-order valence-corrected chi connectivity index (χ1v) is 26.4. The quantitative estimate of drug-likeness (QED) is 0.0236. The molecule has 9 nitrogen and oxygen atoms in total. The molecule has 0 heterocycles. The van der Waals surface area contributed by atoms with Gasteiger partial charge in [0.15, 0.2) is 0 Å². The lowest BCUT2D eigenvalue weighted by molar-refractivity contribution is -0.154. The number of hydrogen-bond donors (Lipinski definition) is 3. The Kier molecular flexibility index (Phi) is 46.7. The van der Waals surface area contributed by atoms with Crippen LogP contribution in [0.25, 0.3) is 0 Å². The van der Waals surface area contributed by atoms with Crippen LogP contribution < -0.4 is 0 Å². The van der Waals surface area contributed by atoms with E-state index >= 15 is 0 Å². The second kappa shape index (κ2) is 48.4. The van der Waals surface area contributed by atoms with Crippen molar-refractivity contribution in [1.29, 1.82) is 0 Å². The summed E-state index contributed by atoms with van der Waals surface area (Å²) in [7, 11) is -4.53. The van der Waals surface area contributed by atoms with Gasteiger partial charge in [0.2, 0.25) is 0 Å². The zero-order valence-electron chi connectivity index (χ0n) is 39.6. The van der Waals surface area contributed by atoms with Gasteiger partial charge in [-0.15, -0.1) is 0 Å². The van der Waals surface area contributed by atoms with Gasteiger partial charge in [-0.1, -0.05) is 183 Å². The summed E-state index contributed by atoms with van der Waals surface area (Å²) in [5.41, 5.74) is 0. The zero-order valence-corrected chi connectivity index (χ0v) is 40.5. The van der Waals surface area contributed by atoms with Gasteiger partial charge >= 0.3 is 13.8 Å². The standard InChI is InChI=1S/C52H93O9P/c1-3-5-7-9-11-13-15-17-19-21-23-24-25-27-29-31-33-35-37-39-41-43-45-58-48-51(49-60-62(56,57)59-47-50(54)46-53)61-52(55)44-42-40-38-36-34-32-30-28-26-22-20-18-16-14-12-10-8-6-4-2/h12,14-15,17-18,20-21,23,25-28,50-51,53-54H,3-11,13,16,19,22,24,29-49H2,1-2H3,(H,56,57)/b14-12-,17-15-,20-18-,23-21-,27-25-,28-26-. The number of ether oxygens (including phenoxy) is 2. The van der Waals surface area contributed by atoms with Gasteiger partial charge < -0.3 is 24.6 Å². The van der Waals surface area contributed by atoms with Crippen LogP contribution in [0.2, 0.25) is 0 Å². The highest BCUT2D eigenvalue weighted by Crippen LogP contribution is 2.43. The van der Waals surface area contributed by atoms with Gasteiger partial charge in [-0.05, 0) is 89.9 Å². The molecule has 0 aromatic carbocycles. The predicted molar refractivity (Wildman–Crippen MR) is 260 cm³/mol. The van der Waals surface area contributed by atoms with Gasteiger partial charge in [-0.25, -0.2) is 4.57 Å². The number of esters is 1. The molecule has 0 saturated heterocycles. The van der Waals surface area contributed by atoms with Crippen LogP contribution in [0, 0.1) is 0 Å². The van der Waals surface area contributed by atoms with Crippen LogP contribution in [0.15, 0.2) is 72.9 Å². The Hall–Kier alpha value is -2.10. The van der Waals surface area contributed by atoms with Crippen LogP contribution in [-0.4, -0.2) is 66.3 Å². The maximum Gasteiger partial charge on any atom is 0.472 e. The fourth-order valence-corrected chi connectivity index (χ4v) is 7.34. The van der Waals surface area contributed by atoms with E-state index in [1.165, 1.54) is 89.9 Å². The highest BCUT2D eigenvalue weighted by atomic mass is 31.2. The van der Waals surface area contributed by atoms with E-state index in [4.69, 9.17) is 23.6 Å². The number of carbonyl (C=O) groups excluding carboxylic acids is 1. The van der Waals surface area contributed by atoms with Gasteiger partial charge in [0.1, 0.15) is 12.2 Å². The fraction of sp³-hybridized carbons (Fsp3) is 0.750. The van der Waals surface area contributed by atoms with Crippen LogP contribution in [0.4, 0.5) is 0 Å². The summed E-state index contributed by atoms with van der Waals surface area (Å²) in [5.74, 6) is -0.400. The largest absolute Gasteiger partial charge is 0.472 e. The summed E-state index contributed by atoms with van der Waals surface area (Å²) in [6, 6.07) is 0. The number of aliphatic hydroxyl groups excluding tert-OH is 2. The minimum atomic E-state index is -4.53. The number of carbonyl (C=O) groups is 1. The Bertz CT molecular complexity index is 1190. The molecule has 0 fully saturated rings. The van der Waals surface area contributed by atoms with Crippen LogP contribution in [0.5, 0.6) is 0 Å². The number of hydrogen-bond acceptors (Lipinski definition) is 8. The van der Waals surface area contributed by atoms with Gasteiger partial charge in [-0.3, -0.25) is 13.8 Å². The van der Waals surface area contributed by atoms with Crippen molar-refractivity contribution >= 4 is 13.8 Å². The van der Waals surface area contributed by atoms with E-state index in [2.05, 4.69) is 86.8 Å². The third kappa shape index (κ3) is 47.4. The maximum atomic E-state index is 12.7. The summed E-state index contributed by atoms with van der Waals surface area (Å²) >= 11 is 0. The molecule has 0 radical (unpaired) electrons. The normalized spacial score (nSPS) is 14.5. The molecule has 3 N–H and O–H groups in total. The number of unbranched alkanes of at least 4 members (excludes halogenated alkanes) is 21. The van der Waals surface area contributed by atoms with E-state index in [1.807, 2.05) is 0 Å². The number of phosphoric ester groups is 1. The molecule has 10 heteroatoms. The molecule has 0 aliphatic carbocycles. The summed E-state index contributed by atoms with van der Waals surface area (Å²) in [4.78, 5) is 22.7. The molecule has 0 rings (SSSR count). The average molecular weight is 893 g/mol. The fourth-order valence-electron chi connectivity index (χ4n) is 6.55. The summed E-state index contributed by atoms with van der Waals surface area (Å²) < 4.78 is 33.5. The lowest BCUT2D eigenvalue weighted by Gasteiger charge is -2.20. The van der Waals surface area contributed by atoms with E-state index < -0.39 is 45.8 Å². The van der Waals surface area contributed by atoms with Crippen molar-refractivity contribution in [3.05, 3.63) is 72.9 Å². The van der Waals surface area contributed by atoms with Crippen LogP contribution in [0.1, 0.15) is 206 Å². The Morgan fingerprint density at radius 2 is 0.871 bits per heavy atom. The summed E-state index contributed by atoms with van der Waals surface area (Å²) in [6.07, 6.45) is 58.6. The van der Waals surface area contributed by atoms with Gasteiger partial charge in [0, 0.05) is 13.0 Å². The monoisotopic (exact) mass is 893 g/mol. The minimum Gasteiger partial charge on any atom is -0.457 e. The Balaban J connectivity index is 4.16. The average Bonchev–Trinajstić information content (AvgIpc) is 3.26. The van der Waals surface area contributed by atoms with E-state index in [9.17, 15) is 19.4 Å². The van der Waals surface area contributed by atoms with E-state index in [1.54, 1.807) is 0 Å². The second-order valence-corrected chi connectivity index (χ2v) is 17.9. The first kappa shape index (κ1) is 59.9. The highest BCUT2D eigenvalue weighted by Gasteiger charge is 2.26. The number of aliphatic hydroxyl groups is 2. The SMILES string of the molecule is CCCCC/C=C\C/C=C\C/C=C\CCCCCCCCC(=O)OC(COCCCCCCCCC/C=C\C/C=C\C/C=C\CCCCCCC)COP(=O)(O)OCC(O)CO. The summed E-state index contributed by atoms with van der Waals surface area (Å²) in [6.45, 7) is 3.44. The van der Waals surface area contributed by atoms with Crippen molar-refractivity contribution in [1.82, 2.24) is 0 Å². The van der Waals surface area contributed by atoms with Gasteiger partial charge in [0.25, 0.3) is 0 Å². The predicted octanol–water partition coefficient (Wildman–Crippen LogP) is 14.5. The second-order valence-electron chi connectivity index (χ2n) is 16.5. The Labute approximate surface area is 380 Å². The number of phosphoric acid groups is 1. The molecule has 0 aromatic rings. The zero-order chi connectivity index (χ0) is 45.3. The molecule has 360 valence electrons. The first-order valence-electron chi connectivity index (χ1n) is 24.9. The van der Waals surface area contributed by atoms with Crippen molar-refractivity contribution in [3.8, 4) is 0 Å². The molecule has 62 heavy (non-hydrogen) atoms. The Morgan fingerprint density at radius 1 is 0.500 bits per heavy atom. The van der Waals surface area contributed by atoms with E-state index in [0.29, 0.717) is 13.0 Å². The molecule has 3 atom stereocenters. The van der Waals surface area contributed by atoms with Crippen LogP contribution in [-0.2, 0) is 27.9 Å². The molecule has 0 spiro atoms. The number of allylic oxidation sites excluding steroid dienone is 12. The third-order valence-electron chi connectivity index (χ3n) is 10.4. The van der Waals surface area contributed by atoms with Crippen molar-refractivity contribution in [2.45, 2.75) is 219 Å². The molecule has 3 unspecified atom stereocenters. The first-order chi connectivity index (χ1) is 30.3. The topological polar surface area (TPSA) is 132 Å². The smallest absolute Gasteiger partial charge is 0.457 e. The molecule has 0 aliphatic heterocycles. The van der Waals surface area contributed by atoms with Crippen molar-refractivity contribution in [2.24, 2.45) is 0 Å². The van der Waals surface area contributed by atoms with E-state index in [-0.39, 0.29) is 13.0 Å². The molecule has 0 saturated carbocycles. The minimum absolute atomic E-state index is 0.0336. The van der Waals surface area contributed by atoms with E-state index in [0.717, 1.165) is 89.9 Å². The molecule has 0 aromatic heterocycles. The van der Waals surface area contributed by atoms with Crippen molar-refractivity contribution in [2.75, 3.05) is 33.0 Å². The lowest BCUT2D eigenvalue weighted by atomic mass is 10.1. The highest BCUT2D eigenvalue weighted by molar-refractivity contribution is 7.47. The van der Waals surface area contributed by atoms with Crippen molar-refractivity contribution < 1.29 is 43.0 Å². The third-order valence-corrected chi connectivity index (χ3v) is 11.3. The van der Waals surface area contributed by atoms with Crippen LogP contribution >= 0.6 is 7.82 Å². The van der Waals surface area contributed by atoms with Crippen LogP contribution in [0.3, 0.4) is 0 Å². The molecule has 0 bridgehead atoms. The van der Waals surface area contributed by atoms with Crippen molar-refractivity contribution in [3.63, 3.8) is 0 Å². The summed E-state index contributed by atoms with van der Waals surface area (Å²) in [5, 5.41) is 18.4. The molecule has 0 aliphatic rings. The number of rotatable bonds is 47. The molecular formula is C52H93O9P. The lowest BCUT2D eigenvalue weighted by Crippen LogP contribution is -2.29.